The zero-order valence-electron chi connectivity index (χ0n) is 14.8. The molecule has 4 unspecified atom stereocenters. The Balaban J connectivity index is 2.13. The van der Waals surface area contributed by atoms with Crippen LogP contribution in [0.2, 0.25) is 0 Å². The highest BCUT2D eigenvalue weighted by molar-refractivity contribution is 5.88. The smallest absolute Gasteiger partial charge is 0.333 e. The molecule has 0 radical (unpaired) electrons. The van der Waals surface area contributed by atoms with Gasteiger partial charge in [0, 0.05) is 11.1 Å². The summed E-state index contributed by atoms with van der Waals surface area (Å²) in [5.74, 6) is -3.07. The molecular formula is C18H22O8. The molecule has 8 heteroatoms. The number of hydrogen-bond donors (Lipinski definition) is 0. The van der Waals surface area contributed by atoms with Crippen molar-refractivity contribution in [2.45, 2.75) is 58.0 Å². The van der Waals surface area contributed by atoms with E-state index in [0.717, 1.165) is 0 Å². The van der Waals surface area contributed by atoms with Crippen molar-refractivity contribution < 1.29 is 38.1 Å². The van der Waals surface area contributed by atoms with Gasteiger partial charge in [0.2, 0.25) is 0 Å². The SMILES string of the molecule is C=C(C)C(=O)OC1CCC2C(OC(=O)C(=C)C)CC(=O)OC2OC(=O)C1. The van der Waals surface area contributed by atoms with Crippen molar-refractivity contribution in [1.29, 1.82) is 0 Å². The highest BCUT2D eigenvalue weighted by Gasteiger charge is 2.45. The molecule has 2 aliphatic rings. The lowest BCUT2D eigenvalue weighted by Gasteiger charge is -2.38. The van der Waals surface area contributed by atoms with Crippen LogP contribution in [0, 0.1) is 5.92 Å². The molecular weight excluding hydrogens is 344 g/mol. The maximum absolute atomic E-state index is 12.0. The molecule has 2 heterocycles. The standard InChI is InChI=1S/C18H22O8/c1-9(2)16(21)23-11-5-6-12-13(24-17(22)10(3)4)8-15(20)26-18(12)25-14(19)7-11/h11-13,18H,1,3,5-8H2,2,4H3. The van der Waals surface area contributed by atoms with Gasteiger partial charge in [-0.25, -0.2) is 9.59 Å². The number of esters is 4. The predicted octanol–water partition coefficient (Wildman–Crippen LogP) is 1.58. The summed E-state index contributed by atoms with van der Waals surface area (Å²) in [4.78, 5) is 47.3. The van der Waals surface area contributed by atoms with E-state index in [1.54, 1.807) is 0 Å². The Morgan fingerprint density at radius 2 is 1.46 bits per heavy atom. The van der Waals surface area contributed by atoms with Crippen molar-refractivity contribution in [3.8, 4) is 0 Å². The molecule has 0 aromatic carbocycles. The van der Waals surface area contributed by atoms with E-state index in [4.69, 9.17) is 18.9 Å². The van der Waals surface area contributed by atoms with Crippen LogP contribution in [-0.4, -0.2) is 42.4 Å². The molecule has 0 aliphatic carbocycles. The summed E-state index contributed by atoms with van der Waals surface area (Å²) in [5.41, 5.74) is 0.412. The lowest BCUT2D eigenvalue weighted by molar-refractivity contribution is -0.227. The molecule has 2 rings (SSSR count). The molecule has 2 fully saturated rings. The molecule has 0 aromatic heterocycles. The van der Waals surface area contributed by atoms with Crippen LogP contribution >= 0.6 is 0 Å². The molecule has 0 spiro atoms. The van der Waals surface area contributed by atoms with Gasteiger partial charge in [-0.1, -0.05) is 13.2 Å². The van der Waals surface area contributed by atoms with Gasteiger partial charge in [-0.05, 0) is 26.7 Å². The molecule has 0 aromatic rings. The van der Waals surface area contributed by atoms with E-state index in [9.17, 15) is 19.2 Å². The minimum atomic E-state index is -1.13. The van der Waals surface area contributed by atoms with E-state index in [0.29, 0.717) is 12.8 Å². The summed E-state index contributed by atoms with van der Waals surface area (Å²) in [7, 11) is 0. The fraction of sp³-hybridized carbons (Fsp3) is 0.556. The second kappa shape index (κ2) is 8.16. The summed E-state index contributed by atoms with van der Waals surface area (Å²) in [6.45, 7) is 10.0. The van der Waals surface area contributed by atoms with Crippen LogP contribution < -0.4 is 0 Å². The zero-order chi connectivity index (χ0) is 19.4. The number of carbonyl (C=O) groups excluding carboxylic acids is 4. The van der Waals surface area contributed by atoms with Crippen LogP contribution in [0.25, 0.3) is 0 Å². The maximum atomic E-state index is 12.0. The zero-order valence-corrected chi connectivity index (χ0v) is 14.8. The number of hydrogen-bond acceptors (Lipinski definition) is 8. The fourth-order valence-corrected chi connectivity index (χ4v) is 2.75. The Kier molecular flexibility index (Phi) is 6.18. The average molecular weight is 366 g/mol. The molecule has 8 nitrogen and oxygen atoms in total. The van der Waals surface area contributed by atoms with E-state index >= 15 is 0 Å². The summed E-state index contributed by atoms with van der Waals surface area (Å²) >= 11 is 0. The van der Waals surface area contributed by atoms with E-state index < -0.39 is 48.3 Å². The molecule has 2 aliphatic heterocycles. The molecule has 2 saturated heterocycles. The van der Waals surface area contributed by atoms with Gasteiger partial charge in [0.1, 0.15) is 12.2 Å². The molecule has 26 heavy (non-hydrogen) atoms. The Morgan fingerprint density at radius 1 is 0.923 bits per heavy atom. The first-order valence-electron chi connectivity index (χ1n) is 8.29. The van der Waals surface area contributed by atoms with Gasteiger partial charge in [0.15, 0.2) is 0 Å². The summed E-state index contributed by atoms with van der Waals surface area (Å²) < 4.78 is 20.9. The van der Waals surface area contributed by atoms with Gasteiger partial charge in [-0.15, -0.1) is 0 Å². The normalized spacial score (nSPS) is 28.4. The number of fused-ring (bicyclic) bond motifs is 1. The topological polar surface area (TPSA) is 105 Å². The van der Waals surface area contributed by atoms with Crippen molar-refractivity contribution in [2.24, 2.45) is 5.92 Å². The summed E-state index contributed by atoms with van der Waals surface area (Å²) in [6.07, 6.45) is -2.24. The molecule has 4 atom stereocenters. The van der Waals surface area contributed by atoms with Crippen molar-refractivity contribution in [3.05, 3.63) is 24.3 Å². The van der Waals surface area contributed by atoms with Crippen molar-refractivity contribution in [2.75, 3.05) is 0 Å². The third kappa shape index (κ3) is 4.93. The van der Waals surface area contributed by atoms with E-state index in [1.165, 1.54) is 13.8 Å². The average Bonchev–Trinajstić information content (AvgIpc) is 2.51. The Hall–Kier alpha value is -2.64. The predicted molar refractivity (Wildman–Crippen MR) is 87.3 cm³/mol. The third-order valence-electron chi connectivity index (χ3n) is 4.14. The largest absolute Gasteiger partial charge is 0.458 e. The quantitative estimate of drug-likeness (QED) is 0.419. The van der Waals surface area contributed by atoms with Crippen LogP contribution in [0.5, 0.6) is 0 Å². The van der Waals surface area contributed by atoms with Gasteiger partial charge < -0.3 is 18.9 Å². The van der Waals surface area contributed by atoms with Crippen molar-refractivity contribution in [1.82, 2.24) is 0 Å². The maximum Gasteiger partial charge on any atom is 0.333 e. The Morgan fingerprint density at radius 3 is 2.04 bits per heavy atom. The van der Waals surface area contributed by atoms with E-state index in [1.807, 2.05) is 0 Å². The van der Waals surface area contributed by atoms with Crippen LogP contribution in [0.15, 0.2) is 24.3 Å². The van der Waals surface area contributed by atoms with Gasteiger partial charge in [0.05, 0.1) is 18.8 Å². The minimum Gasteiger partial charge on any atom is -0.458 e. The summed E-state index contributed by atoms with van der Waals surface area (Å²) in [6, 6.07) is 0. The molecule has 0 saturated carbocycles. The molecule has 0 N–H and O–H groups in total. The first kappa shape index (κ1) is 19.7. The lowest BCUT2D eigenvalue weighted by atomic mass is 9.89. The van der Waals surface area contributed by atoms with Gasteiger partial charge in [-0.3, -0.25) is 9.59 Å². The first-order chi connectivity index (χ1) is 12.2. The second-order valence-electron chi connectivity index (χ2n) is 6.53. The minimum absolute atomic E-state index is 0.145. The Bertz CT molecular complexity index is 650. The van der Waals surface area contributed by atoms with Crippen LogP contribution in [0.1, 0.15) is 39.5 Å². The Labute approximate surface area is 151 Å². The number of rotatable bonds is 4. The first-order valence-corrected chi connectivity index (χ1v) is 8.29. The van der Waals surface area contributed by atoms with Gasteiger partial charge in [-0.2, -0.15) is 0 Å². The highest BCUT2D eigenvalue weighted by Crippen LogP contribution is 2.33. The molecule has 0 amide bonds. The van der Waals surface area contributed by atoms with Gasteiger partial charge >= 0.3 is 23.9 Å². The third-order valence-corrected chi connectivity index (χ3v) is 4.14. The monoisotopic (exact) mass is 366 g/mol. The van der Waals surface area contributed by atoms with Crippen molar-refractivity contribution in [3.63, 3.8) is 0 Å². The van der Waals surface area contributed by atoms with Gasteiger partial charge in [0.25, 0.3) is 6.29 Å². The van der Waals surface area contributed by atoms with E-state index in [2.05, 4.69) is 13.2 Å². The van der Waals surface area contributed by atoms with Crippen LogP contribution in [0.4, 0.5) is 0 Å². The molecule has 142 valence electrons. The summed E-state index contributed by atoms with van der Waals surface area (Å²) in [5, 5.41) is 0. The van der Waals surface area contributed by atoms with E-state index in [-0.39, 0.29) is 24.0 Å². The molecule has 0 bridgehead atoms. The number of ether oxygens (including phenoxy) is 4. The van der Waals surface area contributed by atoms with Crippen LogP contribution in [-0.2, 0) is 38.1 Å². The fourth-order valence-electron chi connectivity index (χ4n) is 2.75. The number of carbonyl (C=O) groups is 4. The second-order valence-corrected chi connectivity index (χ2v) is 6.53. The van der Waals surface area contributed by atoms with Crippen molar-refractivity contribution >= 4 is 23.9 Å². The lowest BCUT2D eigenvalue weighted by Crippen LogP contribution is -2.48. The highest BCUT2D eigenvalue weighted by atomic mass is 16.7. The van der Waals surface area contributed by atoms with Crippen LogP contribution in [0.3, 0.4) is 0 Å².